The molecule has 138 valence electrons. The van der Waals surface area contributed by atoms with Crippen LogP contribution in [0.3, 0.4) is 0 Å². The predicted octanol–water partition coefficient (Wildman–Crippen LogP) is 5.19. The SMILES string of the molecule is Nc1cc(F)c(Oc2ccc(CC3CCc4ccccc43)cc2)c(F)c1N. The second-order valence-electron chi connectivity index (χ2n) is 6.89. The number of nitrogen functional groups attached to an aromatic ring is 2. The lowest BCUT2D eigenvalue weighted by atomic mass is 9.94. The van der Waals surface area contributed by atoms with Gasteiger partial charge in [-0.1, -0.05) is 36.4 Å². The number of ether oxygens (including phenoxy) is 1. The lowest BCUT2D eigenvalue weighted by Gasteiger charge is -2.13. The molecule has 0 saturated heterocycles. The molecular weight excluding hydrogens is 346 g/mol. The Labute approximate surface area is 156 Å². The van der Waals surface area contributed by atoms with Crippen molar-refractivity contribution in [3.05, 3.63) is 82.9 Å². The van der Waals surface area contributed by atoms with Gasteiger partial charge in [-0.05, 0) is 54.0 Å². The lowest BCUT2D eigenvalue weighted by Crippen LogP contribution is -2.03. The highest BCUT2D eigenvalue weighted by atomic mass is 19.1. The van der Waals surface area contributed by atoms with Crippen LogP contribution in [-0.2, 0) is 12.8 Å². The van der Waals surface area contributed by atoms with Crippen LogP contribution in [0, 0.1) is 11.6 Å². The predicted molar refractivity (Wildman–Crippen MR) is 103 cm³/mol. The van der Waals surface area contributed by atoms with E-state index in [4.69, 9.17) is 16.2 Å². The third-order valence-electron chi connectivity index (χ3n) is 5.13. The summed E-state index contributed by atoms with van der Waals surface area (Å²) in [5, 5.41) is 0. The molecule has 1 unspecified atom stereocenters. The standard InChI is InChI=1S/C22H20F2N2O/c23-18-12-19(25)21(26)20(24)22(18)27-16-9-5-13(6-10-16)11-15-8-7-14-3-1-2-4-17(14)15/h1-6,9-10,12,15H,7-8,11,25-26H2. The molecule has 27 heavy (non-hydrogen) atoms. The highest BCUT2D eigenvalue weighted by molar-refractivity contribution is 5.67. The van der Waals surface area contributed by atoms with Gasteiger partial charge in [0, 0.05) is 6.07 Å². The van der Waals surface area contributed by atoms with Crippen LogP contribution in [0.25, 0.3) is 0 Å². The van der Waals surface area contributed by atoms with E-state index < -0.39 is 17.4 Å². The molecule has 4 N–H and O–H groups in total. The maximum absolute atomic E-state index is 14.1. The van der Waals surface area contributed by atoms with E-state index in [1.54, 1.807) is 12.1 Å². The van der Waals surface area contributed by atoms with Crippen molar-refractivity contribution >= 4 is 11.4 Å². The molecule has 0 spiro atoms. The van der Waals surface area contributed by atoms with Gasteiger partial charge in [0.1, 0.15) is 5.75 Å². The van der Waals surface area contributed by atoms with Gasteiger partial charge < -0.3 is 16.2 Å². The van der Waals surface area contributed by atoms with Gasteiger partial charge in [0.15, 0.2) is 11.6 Å². The van der Waals surface area contributed by atoms with Gasteiger partial charge >= 0.3 is 0 Å². The smallest absolute Gasteiger partial charge is 0.200 e. The summed E-state index contributed by atoms with van der Waals surface area (Å²) >= 11 is 0. The van der Waals surface area contributed by atoms with Crippen molar-refractivity contribution in [3.63, 3.8) is 0 Å². The average Bonchev–Trinajstić information content (AvgIpc) is 3.08. The monoisotopic (exact) mass is 366 g/mol. The molecular formula is C22H20F2N2O. The molecule has 0 amide bonds. The molecule has 1 atom stereocenters. The number of aryl methyl sites for hydroxylation is 1. The average molecular weight is 366 g/mol. The van der Waals surface area contributed by atoms with Crippen molar-refractivity contribution in [2.75, 3.05) is 11.5 Å². The van der Waals surface area contributed by atoms with Gasteiger partial charge in [-0.15, -0.1) is 0 Å². The molecule has 0 aliphatic heterocycles. The lowest BCUT2D eigenvalue weighted by molar-refractivity contribution is 0.409. The van der Waals surface area contributed by atoms with Crippen molar-refractivity contribution in [3.8, 4) is 11.5 Å². The van der Waals surface area contributed by atoms with Crippen LogP contribution in [0.5, 0.6) is 11.5 Å². The van der Waals surface area contributed by atoms with Crippen molar-refractivity contribution in [2.24, 2.45) is 0 Å². The van der Waals surface area contributed by atoms with Crippen LogP contribution in [0.1, 0.15) is 29.0 Å². The molecule has 3 aromatic carbocycles. The molecule has 3 aromatic rings. The summed E-state index contributed by atoms with van der Waals surface area (Å²) in [4.78, 5) is 0. The molecule has 0 radical (unpaired) electrons. The zero-order chi connectivity index (χ0) is 19.0. The molecule has 1 aliphatic carbocycles. The van der Waals surface area contributed by atoms with Crippen LogP contribution in [0.2, 0.25) is 0 Å². The van der Waals surface area contributed by atoms with E-state index >= 15 is 0 Å². The molecule has 3 nitrogen and oxygen atoms in total. The first kappa shape index (κ1) is 17.3. The summed E-state index contributed by atoms with van der Waals surface area (Å²) in [5.41, 5.74) is 14.5. The van der Waals surface area contributed by atoms with Crippen LogP contribution < -0.4 is 16.2 Å². The Morgan fingerprint density at radius 2 is 1.74 bits per heavy atom. The number of hydrogen-bond acceptors (Lipinski definition) is 3. The zero-order valence-corrected chi connectivity index (χ0v) is 14.7. The Bertz CT molecular complexity index is 986. The Hall–Kier alpha value is -3.08. The van der Waals surface area contributed by atoms with Gasteiger partial charge in [0.2, 0.25) is 5.75 Å². The van der Waals surface area contributed by atoms with Gasteiger partial charge in [-0.3, -0.25) is 0 Å². The number of hydrogen-bond donors (Lipinski definition) is 2. The topological polar surface area (TPSA) is 61.3 Å². The van der Waals surface area contributed by atoms with Crippen LogP contribution in [-0.4, -0.2) is 0 Å². The Kier molecular flexibility index (Phi) is 4.44. The van der Waals surface area contributed by atoms with Crippen molar-refractivity contribution in [2.45, 2.75) is 25.2 Å². The minimum Gasteiger partial charge on any atom is -0.451 e. The molecule has 0 saturated carbocycles. The molecule has 0 heterocycles. The quantitative estimate of drug-likeness (QED) is 0.624. The van der Waals surface area contributed by atoms with Crippen molar-refractivity contribution in [1.82, 2.24) is 0 Å². The molecule has 4 rings (SSSR count). The number of anilines is 2. The van der Waals surface area contributed by atoms with Gasteiger partial charge in [-0.2, -0.15) is 0 Å². The summed E-state index contributed by atoms with van der Waals surface area (Å²) in [5.74, 6) is -1.57. The van der Waals surface area contributed by atoms with Gasteiger partial charge in [-0.25, -0.2) is 8.78 Å². The number of fused-ring (bicyclic) bond motifs is 1. The maximum Gasteiger partial charge on any atom is 0.200 e. The molecule has 0 bridgehead atoms. The van der Waals surface area contributed by atoms with Crippen LogP contribution >= 0.6 is 0 Å². The van der Waals surface area contributed by atoms with Crippen LogP contribution in [0.4, 0.5) is 20.2 Å². The second kappa shape index (κ2) is 6.91. The molecule has 0 aromatic heterocycles. The van der Waals surface area contributed by atoms with Crippen molar-refractivity contribution < 1.29 is 13.5 Å². The van der Waals surface area contributed by atoms with E-state index in [1.807, 2.05) is 12.1 Å². The molecule has 0 fully saturated rings. The first-order chi connectivity index (χ1) is 13.0. The zero-order valence-electron chi connectivity index (χ0n) is 14.7. The van der Waals surface area contributed by atoms with E-state index in [9.17, 15) is 8.78 Å². The number of nitrogens with two attached hydrogens (primary N) is 2. The number of rotatable bonds is 4. The number of halogens is 2. The Morgan fingerprint density at radius 3 is 2.52 bits per heavy atom. The minimum absolute atomic E-state index is 0.149. The fraction of sp³-hybridized carbons (Fsp3) is 0.182. The van der Waals surface area contributed by atoms with E-state index in [0.29, 0.717) is 11.7 Å². The third-order valence-corrected chi connectivity index (χ3v) is 5.13. The van der Waals surface area contributed by atoms with E-state index in [1.165, 1.54) is 11.1 Å². The van der Waals surface area contributed by atoms with Gasteiger partial charge in [0.25, 0.3) is 0 Å². The summed E-state index contributed by atoms with van der Waals surface area (Å²) < 4.78 is 33.5. The van der Waals surface area contributed by atoms with E-state index in [-0.39, 0.29) is 11.4 Å². The van der Waals surface area contributed by atoms with Crippen molar-refractivity contribution in [1.29, 1.82) is 0 Å². The third kappa shape index (κ3) is 3.33. The van der Waals surface area contributed by atoms with E-state index in [2.05, 4.69) is 24.3 Å². The first-order valence-corrected chi connectivity index (χ1v) is 8.90. The summed E-state index contributed by atoms with van der Waals surface area (Å²) in [6, 6.07) is 16.8. The second-order valence-corrected chi connectivity index (χ2v) is 6.89. The first-order valence-electron chi connectivity index (χ1n) is 8.90. The largest absolute Gasteiger partial charge is 0.451 e. The number of benzene rings is 3. The fourth-order valence-electron chi connectivity index (χ4n) is 3.68. The highest BCUT2D eigenvalue weighted by Crippen LogP contribution is 2.37. The summed E-state index contributed by atoms with van der Waals surface area (Å²) in [6.07, 6.45) is 3.17. The Morgan fingerprint density at radius 1 is 1.00 bits per heavy atom. The normalized spacial score (nSPS) is 15.6. The minimum atomic E-state index is -0.987. The maximum atomic E-state index is 14.1. The highest BCUT2D eigenvalue weighted by Gasteiger charge is 2.22. The summed E-state index contributed by atoms with van der Waals surface area (Å²) in [6.45, 7) is 0. The Balaban J connectivity index is 1.50. The molecule has 1 aliphatic rings. The van der Waals surface area contributed by atoms with E-state index in [0.717, 1.165) is 30.9 Å². The fourth-order valence-corrected chi connectivity index (χ4v) is 3.68. The van der Waals surface area contributed by atoms with Crippen LogP contribution in [0.15, 0.2) is 54.6 Å². The summed E-state index contributed by atoms with van der Waals surface area (Å²) in [7, 11) is 0. The van der Waals surface area contributed by atoms with Gasteiger partial charge in [0.05, 0.1) is 11.4 Å². The molecule has 5 heteroatoms.